The zero-order chi connectivity index (χ0) is 26.4. The van der Waals surface area contributed by atoms with E-state index in [0.717, 1.165) is 21.9 Å². The van der Waals surface area contributed by atoms with Gasteiger partial charge in [0.1, 0.15) is 10.6 Å². The first-order chi connectivity index (χ1) is 17.9. The molecule has 0 aliphatic carbocycles. The average Bonchev–Trinajstić information content (AvgIpc) is 3.31. The number of esters is 1. The van der Waals surface area contributed by atoms with E-state index < -0.39 is 5.97 Å². The lowest BCUT2D eigenvalue weighted by Gasteiger charge is -2.13. The zero-order valence-electron chi connectivity index (χ0n) is 20.6. The van der Waals surface area contributed by atoms with Crippen LogP contribution in [0.3, 0.4) is 0 Å². The third-order valence-corrected chi connectivity index (χ3v) is 6.78. The quantitative estimate of drug-likeness (QED) is 0.218. The predicted octanol–water partition coefficient (Wildman–Crippen LogP) is 5.82. The van der Waals surface area contributed by atoms with Gasteiger partial charge in [-0.15, -0.1) is 11.3 Å². The number of ether oxygens (including phenoxy) is 3. The summed E-state index contributed by atoms with van der Waals surface area (Å²) in [5, 5.41) is 10.2. The molecule has 4 rings (SSSR count). The number of thiocarbonyl (C=S) groups is 1. The van der Waals surface area contributed by atoms with E-state index in [1.54, 1.807) is 33.3 Å². The van der Waals surface area contributed by atoms with Crippen molar-refractivity contribution in [2.75, 3.05) is 26.1 Å². The fraction of sp³-hybridized carbons (Fsp3) is 0.179. The van der Waals surface area contributed by atoms with Crippen molar-refractivity contribution in [3.05, 3.63) is 77.2 Å². The third kappa shape index (κ3) is 5.90. The molecule has 0 radical (unpaired) electrons. The fourth-order valence-corrected chi connectivity index (χ4v) is 5.24. The van der Waals surface area contributed by atoms with Crippen LogP contribution in [-0.2, 0) is 16.0 Å². The molecule has 2 N–H and O–H groups in total. The number of hydrogen-bond acceptors (Lipinski definition) is 7. The van der Waals surface area contributed by atoms with E-state index >= 15 is 0 Å². The molecule has 4 aromatic rings. The molecule has 3 aromatic carbocycles. The van der Waals surface area contributed by atoms with Crippen LogP contribution in [0, 0.1) is 0 Å². The van der Waals surface area contributed by atoms with Gasteiger partial charge in [-0.3, -0.25) is 4.79 Å². The molecule has 0 fully saturated rings. The van der Waals surface area contributed by atoms with Gasteiger partial charge in [0, 0.05) is 10.9 Å². The predicted molar refractivity (Wildman–Crippen MR) is 151 cm³/mol. The van der Waals surface area contributed by atoms with Gasteiger partial charge in [-0.1, -0.05) is 48.5 Å². The number of benzene rings is 3. The fourth-order valence-electron chi connectivity index (χ4n) is 4.00. The number of hydrogen-bond donors (Lipinski definition) is 2. The minimum Gasteiger partial charge on any atom is -0.493 e. The summed E-state index contributed by atoms with van der Waals surface area (Å²) < 4.78 is 16.1. The van der Waals surface area contributed by atoms with Gasteiger partial charge in [0.25, 0.3) is 0 Å². The van der Waals surface area contributed by atoms with Crippen molar-refractivity contribution < 1.29 is 23.8 Å². The molecule has 9 heteroatoms. The van der Waals surface area contributed by atoms with Crippen LogP contribution in [0.1, 0.15) is 22.8 Å². The topological polar surface area (TPSA) is 85.9 Å². The number of methoxy groups -OCH3 is 2. The summed E-state index contributed by atoms with van der Waals surface area (Å²) in [6.45, 7) is 1.96. The summed E-state index contributed by atoms with van der Waals surface area (Å²) in [7, 11) is 3.11. The molecule has 190 valence electrons. The Bertz CT molecular complexity index is 1460. The highest BCUT2D eigenvalue weighted by atomic mass is 32.1. The van der Waals surface area contributed by atoms with Crippen molar-refractivity contribution in [1.82, 2.24) is 5.32 Å². The average molecular weight is 535 g/mol. The molecule has 0 saturated carbocycles. The number of amides is 1. The Balaban J connectivity index is 1.55. The highest BCUT2D eigenvalue weighted by Gasteiger charge is 2.23. The molecule has 0 atom stereocenters. The van der Waals surface area contributed by atoms with Gasteiger partial charge in [-0.2, -0.15) is 0 Å². The Hall–Kier alpha value is -3.95. The van der Waals surface area contributed by atoms with Crippen molar-refractivity contribution in [3.8, 4) is 22.6 Å². The Morgan fingerprint density at radius 1 is 0.973 bits per heavy atom. The van der Waals surface area contributed by atoms with Crippen LogP contribution in [-0.4, -0.2) is 37.8 Å². The second kappa shape index (κ2) is 11.9. The maximum absolute atomic E-state index is 12.9. The Kier molecular flexibility index (Phi) is 8.37. The van der Waals surface area contributed by atoms with Crippen LogP contribution in [0.2, 0.25) is 0 Å². The van der Waals surface area contributed by atoms with Crippen molar-refractivity contribution in [1.29, 1.82) is 0 Å². The highest BCUT2D eigenvalue weighted by Crippen LogP contribution is 2.39. The van der Waals surface area contributed by atoms with E-state index in [1.165, 1.54) is 11.3 Å². The van der Waals surface area contributed by atoms with Crippen molar-refractivity contribution >= 4 is 56.3 Å². The summed E-state index contributed by atoms with van der Waals surface area (Å²) in [6, 6.07) is 19.1. The van der Waals surface area contributed by atoms with Crippen molar-refractivity contribution in [3.63, 3.8) is 0 Å². The van der Waals surface area contributed by atoms with Crippen LogP contribution in [0.15, 0.2) is 66.0 Å². The van der Waals surface area contributed by atoms with E-state index in [9.17, 15) is 9.59 Å². The molecule has 1 aromatic heterocycles. The van der Waals surface area contributed by atoms with Gasteiger partial charge in [0.2, 0.25) is 5.91 Å². The van der Waals surface area contributed by atoms with Crippen LogP contribution < -0.4 is 20.1 Å². The molecular formula is C28H26N2O5S2. The molecule has 0 saturated heterocycles. The van der Waals surface area contributed by atoms with Gasteiger partial charge in [-0.05, 0) is 53.2 Å². The summed E-state index contributed by atoms with van der Waals surface area (Å²) in [5.74, 6) is 0.350. The largest absolute Gasteiger partial charge is 0.493 e. The monoisotopic (exact) mass is 534 g/mol. The molecular weight excluding hydrogens is 508 g/mol. The molecule has 0 spiro atoms. The second-order valence-corrected chi connectivity index (χ2v) is 9.25. The van der Waals surface area contributed by atoms with Gasteiger partial charge in [0.05, 0.1) is 27.2 Å². The number of carbonyl (C=O) groups excluding carboxylic acids is 2. The number of carbonyl (C=O) groups is 2. The first-order valence-electron chi connectivity index (χ1n) is 11.5. The summed E-state index contributed by atoms with van der Waals surface area (Å²) in [4.78, 5) is 25.7. The Morgan fingerprint density at radius 2 is 1.73 bits per heavy atom. The molecule has 37 heavy (non-hydrogen) atoms. The number of nitrogens with one attached hydrogen (secondary N) is 2. The third-order valence-electron chi connectivity index (χ3n) is 5.68. The Morgan fingerprint density at radius 3 is 2.49 bits per heavy atom. The Labute approximate surface area is 224 Å². The first-order valence-corrected chi connectivity index (χ1v) is 12.8. The summed E-state index contributed by atoms with van der Waals surface area (Å²) in [6.07, 6.45) is 0.162. The van der Waals surface area contributed by atoms with Crippen molar-refractivity contribution in [2.24, 2.45) is 0 Å². The van der Waals surface area contributed by atoms with Gasteiger partial charge < -0.3 is 24.8 Å². The second-order valence-electron chi connectivity index (χ2n) is 7.96. The first kappa shape index (κ1) is 26.1. The van der Waals surface area contributed by atoms with Gasteiger partial charge in [-0.25, -0.2) is 4.79 Å². The SMILES string of the molecule is CCOC(=O)c1c(-c2ccc(OC)c(OC)c2)csc1NC(=S)NC(=O)Cc1cccc2ccccc12. The summed E-state index contributed by atoms with van der Waals surface area (Å²) in [5.41, 5.74) is 2.62. The molecule has 1 heterocycles. The van der Waals surface area contributed by atoms with Crippen LogP contribution in [0.25, 0.3) is 21.9 Å². The highest BCUT2D eigenvalue weighted by molar-refractivity contribution is 7.80. The lowest BCUT2D eigenvalue weighted by atomic mass is 10.0. The van der Waals surface area contributed by atoms with Gasteiger partial charge in [0.15, 0.2) is 16.6 Å². The van der Waals surface area contributed by atoms with E-state index in [4.69, 9.17) is 26.4 Å². The minimum absolute atomic E-state index is 0.0940. The van der Waals surface area contributed by atoms with Crippen molar-refractivity contribution in [2.45, 2.75) is 13.3 Å². The molecule has 0 aliphatic heterocycles. The summed E-state index contributed by atoms with van der Waals surface area (Å²) >= 11 is 6.70. The van der Waals surface area contributed by atoms with E-state index in [-0.39, 0.29) is 24.0 Å². The number of rotatable bonds is 8. The van der Waals surface area contributed by atoms with Crippen LogP contribution in [0.4, 0.5) is 5.00 Å². The number of fused-ring (bicyclic) bond motifs is 1. The molecule has 0 bridgehead atoms. The standard InChI is InChI=1S/C28H26N2O5S2/c1-4-35-27(32)25-21(19-12-13-22(33-2)23(14-19)34-3)16-37-26(25)30-28(36)29-24(31)15-18-10-7-9-17-8-5-6-11-20(17)18/h5-14,16H,4,15H2,1-3H3,(H2,29,30,31,36). The smallest absolute Gasteiger partial charge is 0.341 e. The van der Waals surface area contributed by atoms with E-state index in [1.807, 2.05) is 53.9 Å². The molecule has 1 amide bonds. The van der Waals surface area contributed by atoms with Gasteiger partial charge >= 0.3 is 5.97 Å². The van der Waals surface area contributed by atoms with Crippen LogP contribution >= 0.6 is 23.6 Å². The molecule has 0 unspecified atom stereocenters. The zero-order valence-corrected chi connectivity index (χ0v) is 22.3. The number of thiophene rings is 1. The molecule has 0 aliphatic rings. The van der Waals surface area contributed by atoms with Crippen LogP contribution in [0.5, 0.6) is 11.5 Å². The maximum atomic E-state index is 12.9. The normalized spacial score (nSPS) is 10.6. The lowest BCUT2D eigenvalue weighted by molar-refractivity contribution is -0.119. The lowest BCUT2D eigenvalue weighted by Crippen LogP contribution is -2.35. The maximum Gasteiger partial charge on any atom is 0.341 e. The van der Waals surface area contributed by atoms with E-state index in [2.05, 4.69) is 10.6 Å². The van der Waals surface area contributed by atoms with E-state index in [0.29, 0.717) is 27.6 Å². The minimum atomic E-state index is -0.499. The molecule has 7 nitrogen and oxygen atoms in total. The number of anilines is 1.